The first kappa shape index (κ1) is 18.8. The van der Waals surface area contributed by atoms with Crippen LogP contribution >= 0.6 is 0 Å². The van der Waals surface area contributed by atoms with Crippen molar-refractivity contribution in [1.82, 2.24) is 9.97 Å². The Bertz CT molecular complexity index is 1050. The molecule has 0 unspecified atom stereocenters. The van der Waals surface area contributed by atoms with Crippen LogP contribution in [0.1, 0.15) is 71.1 Å². The van der Waals surface area contributed by atoms with Gasteiger partial charge in [0.2, 0.25) is 0 Å². The predicted molar refractivity (Wildman–Crippen MR) is 121 cm³/mol. The van der Waals surface area contributed by atoms with Crippen LogP contribution in [-0.2, 0) is 14.7 Å². The van der Waals surface area contributed by atoms with Crippen molar-refractivity contribution in [3.05, 3.63) is 41.7 Å². The van der Waals surface area contributed by atoms with Crippen LogP contribution in [0.3, 0.4) is 0 Å². The van der Waals surface area contributed by atoms with Crippen molar-refractivity contribution in [2.24, 2.45) is 23.7 Å². The lowest BCUT2D eigenvalue weighted by atomic mass is 9.43. The number of hydrogen-bond acceptors (Lipinski definition) is 4. The summed E-state index contributed by atoms with van der Waals surface area (Å²) in [7, 11) is -0.507. The summed E-state index contributed by atoms with van der Waals surface area (Å²) in [5.41, 5.74) is 5.35. The maximum absolute atomic E-state index is 6.33. The van der Waals surface area contributed by atoms with Crippen LogP contribution < -0.4 is 5.72 Å². The van der Waals surface area contributed by atoms with E-state index >= 15 is 0 Å². The van der Waals surface area contributed by atoms with Gasteiger partial charge in [-0.25, -0.2) is 9.97 Å². The highest BCUT2D eigenvalue weighted by atomic mass is 16.7. The zero-order chi connectivity index (χ0) is 21.2. The summed E-state index contributed by atoms with van der Waals surface area (Å²) in [5, 5.41) is 0. The van der Waals surface area contributed by atoms with E-state index in [0.29, 0.717) is 17.6 Å². The van der Waals surface area contributed by atoms with Crippen LogP contribution in [0.5, 0.6) is 0 Å². The summed E-state index contributed by atoms with van der Waals surface area (Å²) in [5.74, 6) is 3.25. The minimum Gasteiger partial charge on any atom is -0.397 e. The first-order valence-electron chi connectivity index (χ1n) is 12.1. The van der Waals surface area contributed by atoms with E-state index in [0.717, 1.165) is 11.8 Å². The van der Waals surface area contributed by atoms with Crippen molar-refractivity contribution < 1.29 is 9.31 Å². The Hall–Kier alpha value is -1.72. The Labute approximate surface area is 185 Å². The van der Waals surface area contributed by atoms with Crippen LogP contribution in [-0.4, -0.2) is 28.3 Å². The van der Waals surface area contributed by atoms with Gasteiger partial charge in [0, 0.05) is 17.2 Å². The lowest BCUT2D eigenvalue weighted by Gasteiger charge is -2.60. The SMILES string of the molecule is CC1(C)OB(c2ncc3c(n2)C2(c4ccccc4-3)C3CC4CC(C3)CC2C4)OC1(C)C. The van der Waals surface area contributed by atoms with Crippen molar-refractivity contribution in [2.75, 3.05) is 0 Å². The van der Waals surface area contributed by atoms with E-state index in [1.165, 1.54) is 54.5 Å². The van der Waals surface area contributed by atoms with Crippen LogP contribution in [0.4, 0.5) is 0 Å². The molecular formula is C26H31BN2O2. The number of rotatable bonds is 1. The highest BCUT2D eigenvalue weighted by molar-refractivity contribution is 6.60. The molecule has 1 spiro atoms. The fourth-order valence-electron chi connectivity index (χ4n) is 7.93. The molecule has 1 aliphatic heterocycles. The molecule has 1 aromatic heterocycles. The first-order valence-corrected chi connectivity index (χ1v) is 12.1. The second-order valence-electron chi connectivity index (χ2n) is 11.8. The highest BCUT2D eigenvalue weighted by Gasteiger charge is 2.63. The van der Waals surface area contributed by atoms with Gasteiger partial charge in [0.05, 0.1) is 16.9 Å². The summed E-state index contributed by atoms with van der Waals surface area (Å²) in [6.45, 7) is 8.37. The second kappa shape index (κ2) is 5.79. The van der Waals surface area contributed by atoms with E-state index in [1.807, 2.05) is 0 Å². The van der Waals surface area contributed by atoms with Gasteiger partial charge in [0.1, 0.15) is 0 Å². The average molecular weight is 414 g/mol. The number of benzene rings is 1. The van der Waals surface area contributed by atoms with Crippen molar-refractivity contribution in [2.45, 2.75) is 76.4 Å². The van der Waals surface area contributed by atoms with Crippen LogP contribution in [0.15, 0.2) is 30.5 Å². The van der Waals surface area contributed by atoms with Gasteiger partial charge in [-0.05, 0) is 94.6 Å². The second-order valence-corrected chi connectivity index (χ2v) is 11.8. The summed E-state index contributed by atoms with van der Waals surface area (Å²) in [6.07, 6.45) is 8.95. The average Bonchev–Trinajstić information content (AvgIpc) is 3.13. The molecule has 8 rings (SSSR count). The molecule has 1 aromatic carbocycles. The zero-order valence-electron chi connectivity index (χ0n) is 19.0. The van der Waals surface area contributed by atoms with Crippen molar-refractivity contribution >= 4 is 12.8 Å². The molecule has 160 valence electrons. The van der Waals surface area contributed by atoms with Crippen LogP contribution in [0.2, 0.25) is 0 Å². The summed E-state index contributed by atoms with van der Waals surface area (Å²) >= 11 is 0. The number of aromatic nitrogens is 2. The molecule has 2 heterocycles. The largest absolute Gasteiger partial charge is 0.534 e. The molecule has 0 radical (unpaired) electrons. The van der Waals surface area contributed by atoms with Gasteiger partial charge in [0.25, 0.3) is 0 Å². The topological polar surface area (TPSA) is 44.2 Å². The van der Waals surface area contributed by atoms with Gasteiger partial charge in [-0.3, -0.25) is 0 Å². The molecule has 6 aliphatic rings. The Kier molecular flexibility index (Phi) is 3.52. The molecule has 0 atom stereocenters. The third-order valence-electron chi connectivity index (χ3n) is 9.75. The minimum atomic E-state index is -0.507. The smallest absolute Gasteiger partial charge is 0.397 e. The molecule has 4 saturated carbocycles. The summed E-state index contributed by atoms with van der Waals surface area (Å²) in [6, 6.07) is 9.06. The maximum Gasteiger partial charge on any atom is 0.534 e. The molecule has 0 amide bonds. The van der Waals surface area contributed by atoms with Gasteiger partial charge in [0.15, 0.2) is 5.72 Å². The molecule has 4 bridgehead atoms. The van der Waals surface area contributed by atoms with Crippen LogP contribution in [0, 0.1) is 23.7 Å². The quantitative estimate of drug-likeness (QED) is 0.645. The molecule has 5 aliphatic carbocycles. The fourth-order valence-corrected chi connectivity index (χ4v) is 7.93. The normalized spacial score (nSPS) is 38.0. The molecule has 5 fully saturated rings. The van der Waals surface area contributed by atoms with E-state index in [-0.39, 0.29) is 16.6 Å². The van der Waals surface area contributed by atoms with E-state index in [1.54, 1.807) is 0 Å². The molecule has 2 aromatic rings. The number of nitrogens with zero attached hydrogens (tertiary/aromatic N) is 2. The van der Waals surface area contributed by atoms with Crippen molar-refractivity contribution in [3.63, 3.8) is 0 Å². The lowest BCUT2D eigenvalue weighted by molar-refractivity contribution is -0.0415. The molecule has 0 N–H and O–H groups in total. The Morgan fingerprint density at radius 3 is 2.10 bits per heavy atom. The third-order valence-corrected chi connectivity index (χ3v) is 9.75. The van der Waals surface area contributed by atoms with Gasteiger partial charge < -0.3 is 9.31 Å². The minimum absolute atomic E-state index is 0.0562. The van der Waals surface area contributed by atoms with Gasteiger partial charge in [-0.2, -0.15) is 0 Å². The zero-order valence-corrected chi connectivity index (χ0v) is 19.0. The van der Waals surface area contributed by atoms with Gasteiger partial charge in [-0.1, -0.05) is 24.3 Å². The fraction of sp³-hybridized carbons (Fsp3) is 0.615. The first-order chi connectivity index (χ1) is 14.8. The standard InChI is InChI=1S/C26H31BN2O2/c1-24(2)25(3,4)31-27(30-24)23-28-14-20-19-7-5-6-8-21(19)26(22(20)29-23)17-10-15-9-16(12-17)13-18(26)11-15/h5-8,14-18H,9-13H2,1-4H3. The van der Waals surface area contributed by atoms with Crippen LogP contribution in [0.25, 0.3) is 11.1 Å². The molecule has 5 heteroatoms. The monoisotopic (exact) mass is 414 g/mol. The summed E-state index contributed by atoms with van der Waals surface area (Å²) in [4.78, 5) is 10.1. The number of fused-ring (bicyclic) bond motifs is 3. The van der Waals surface area contributed by atoms with Gasteiger partial charge >= 0.3 is 7.12 Å². The Morgan fingerprint density at radius 1 is 0.839 bits per heavy atom. The molecule has 1 saturated heterocycles. The molecule has 31 heavy (non-hydrogen) atoms. The van der Waals surface area contributed by atoms with E-state index in [9.17, 15) is 0 Å². The molecular weight excluding hydrogens is 383 g/mol. The highest BCUT2D eigenvalue weighted by Crippen LogP contribution is 2.68. The Balaban J connectivity index is 1.40. The maximum atomic E-state index is 6.33. The van der Waals surface area contributed by atoms with Gasteiger partial charge in [-0.15, -0.1) is 0 Å². The lowest BCUT2D eigenvalue weighted by Crippen LogP contribution is -2.56. The third kappa shape index (κ3) is 2.25. The van der Waals surface area contributed by atoms with Crippen molar-refractivity contribution in [3.8, 4) is 11.1 Å². The van der Waals surface area contributed by atoms with E-state index in [4.69, 9.17) is 19.3 Å². The van der Waals surface area contributed by atoms with E-state index in [2.05, 4.69) is 58.2 Å². The van der Waals surface area contributed by atoms with E-state index < -0.39 is 7.12 Å². The van der Waals surface area contributed by atoms with Crippen molar-refractivity contribution in [1.29, 1.82) is 0 Å². The predicted octanol–water partition coefficient (Wildman–Crippen LogP) is 4.50. The Morgan fingerprint density at radius 2 is 1.45 bits per heavy atom. The summed E-state index contributed by atoms with van der Waals surface area (Å²) < 4.78 is 12.7. The number of hydrogen-bond donors (Lipinski definition) is 0. The molecule has 4 nitrogen and oxygen atoms in total.